The maximum atomic E-state index is 11.7. The first-order valence-electron chi connectivity index (χ1n) is 7.41. The van der Waals surface area contributed by atoms with Crippen molar-refractivity contribution < 1.29 is 14.6 Å². The van der Waals surface area contributed by atoms with E-state index < -0.39 is 12.0 Å². The van der Waals surface area contributed by atoms with Gasteiger partial charge in [-0.25, -0.2) is 0 Å². The molecule has 1 atom stereocenters. The lowest BCUT2D eigenvalue weighted by Crippen LogP contribution is -2.30. The highest BCUT2D eigenvalue weighted by molar-refractivity contribution is 5.75. The van der Waals surface area contributed by atoms with E-state index in [0.717, 1.165) is 22.4 Å². The third-order valence-electron chi connectivity index (χ3n) is 3.83. The van der Waals surface area contributed by atoms with E-state index in [2.05, 4.69) is 4.98 Å². The maximum absolute atomic E-state index is 11.7. The summed E-state index contributed by atoms with van der Waals surface area (Å²) in [6, 6.07) is 6.87. The molecule has 0 fully saturated rings. The lowest BCUT2D eigenvalue weighted by molar-refractivity contribution is -0.143. The number of benzene rings is 1. The molecule has 1 N–H and O–H groups in total. The molecule has 2 aromatic rings. The van der Waals surface area contributed by atoms with Crippen molar-refractivity contribution in [3.8, 4) is 5.75 Å². The first-order chi connectivity index (χ1) is 10.9. The number of hydrogen-bond acceptors (Lipinski definition) is 4. The van der Waals surface area contributed by atoms with Gasteiger partial charge in [-0.2, -0.15) is 0 Å². The van der Waals surface area contributed by atoms with E-state index in [4.69, 9.17) is 4.74 Å². The summed E-state index contributed by atoms with van der Waals surface area (Å²) < 4.78 is 5.37. The second-order valence-electron chi connectivity index (χ2n) is 5.71. The van der Waals surface area contributed by atoms with Crippen LogP contribution in [0.2, 0.25) is 0 Å². The number of ether oxygens (including phenoxy) is 1. The summed E-state index contributed by atoms with van der Waals surface area (Å²) in [7, 11) is 3.46. The Morgan fingerprint density at radius 3 is 2.48 bits per heavy atom. The van der Waals surface area contributed by atoms with Gasteiger partial charge in [0.2, 0.25) is 0 Å². The summed E-state index contributed by atoms with van der Waals surface area (Å²) in [6.07, 6.45) is 3.23. The van der Waals surface area contributed by atoms with Gasteiger partial charge in [0.15, 0.2) is 0 Å². The molecule has 2 rings (SSSR count). The van der Waals surface area contributed by atoms with Crippen LogP contribution in [0.15, 0.2) is 36.7 Å². The predicted molar refractivity (Wildman–Crippen MR) is 88.5 cm³/mol. The fourth-order valence-electron chi connectivity index (χ4n) is 2.96. The molecule has 1 aromatic carbocycles. The molecular weight excluding hydrogens is 292 g/mol. The van der Waals surface area contributed by atoms with Crippen molar-refractivity contribution in [1.82, 2.24) is 9.88 Å². The Kier molecular flexibility index (Phi) is 5.34. The topological polar surface area (TPSA) is 62.7 Å². The second kappa shape index (κ2) is 7.24. The van der Waals surface area contributed by atoms with E-state index in [0.29, 0.717) is 12.1 Å². The third kappa shape index (κ3) is 3.87. The molecule has 0 bridgehead atoms. The Labute approximate surface area is 136 Å². The highest BCUT2D eigenvalue weighted by Gasteiger charge is 2.25. The van der Waals surface area contributed by atoms with Gasteiger partial charge in [-0.1, -0.05) is 18.2 Å². The van der Waals surface area contributed by atoms with Gasteiger partial charge in [0.05, 0.1) is 7.11 Å². The number of carbonyl (C=O) groups is 1. The van der Waals surface area contributed by atoms with Gasteiger partial charge in [-0.05, 0) is 49.2 Å². The van der Waals surface area contributed by atoms with Crippen LogP contribution >= 0.6 is 0 Å². The molecule has 23 heavy (non-hydrogen) atoms. The number of hydrogen-bond donors (Lipinski definition) is 1. The van der Waals surface area contributed by atoms with Gasteiger partial charge in [0, 0.05) is 18.9 Å². The zero-order valence-electron chi connectivity index (χ0n) is 13.9. The van der Waals surface area contributed by atoms with Gasteiger partial charge in [0.25, 0.3) is 0 Å². The fraction of sp³-hybridized carbons (Fsp3) is 0.333. The molecule has 0 aliphatic heterocycles. The molecule has 0 spiro atoms. The van der Waals surface area contributed by atoms with E-state index in [-0.39, 0.29) is 0 Å². The zero-order valence-corrected chi connectivity index (χ0v) is 13.9. The Balaban J connectivity index is 2.26. The predicted octanol–water partition coefficient (Wildman–Crippen LogP) is 2.96. The SMILES string of the molecule is COc1c(C)cc(CN(C)C(C(=O)O)c2cccnc2)cc1C. The van der Waals surface area contributed by atoms with Crippen LogP contribution < -0.4 is 4.74 Å². The Hall–Kier alpha value is -2.40. The Bertz CT molecular complexity index is 663. The molecule has 1 heterocycles. The molecular formula is C18H22N2O3. The third-order valence-corrected chi connectivity index (χ3v) is 3.83. The number of rotatable bonds is 6. The number of carboxylic acids is 1. The minimum absolute atomic E-state index is 0.525. The van der Waals surface area contributed by atoms with Crippen LogP contribution in [0.25, 0.3) is 0 Å². The van der Waals surface area contributed by atoms with Crippen LogP contribution in [0.3, 0.4) is 0 Å². The number of pyridine rings is 1. The molecule has 0 saturated carbocycles. The first-order valence-corrected chi connectivity index (χ1v) is 7.41. The largest absolute Gasteiger partial charge is 0.496 e. The van der Waals surface area contributed by atoms with Crippen molar-refractivity contribution in [2.45, 2.75) is 26.4 Å². The molecule has 5 heteroatoms. The maximum Gasteiger partial charge on any atom is 0.325 e. The summed E-state index contributed by atoms with van der Waals surface area (Å²) >= 11 is 0. The summed E-state index contributed by atoms with van der Waals surface area (Å²) in [5, 5.41) is 9.58. The number of aromatic nitrogens is 1. The van der Waals surface area contributed by atoms with E-state index >= 15 is 0 Å². The minimum Gasteiger partial charge on any atom is -0.496 e. The molecule has 0 aliphatic rings. The molecule has 0 radical (unpaired) electrons. The lowest BCUT2D eigenvalue weighted by atomic mass is 10.0. The molecule has 1 aromatic heterocycles. The summed E-state index contributed by atoms with van der Waals surface area (Å²) in [5.41, 5.74) is 3.82. The van der Waals surface area contributed by atoms with Gasteiger partial charge >= 0.3 is 5.97 Å². The molecule has 5 nitrogen and oxygen atoms in total. The lowest BCUT2D eigenvalue weighted by Gasteiger charge is -2.25. The fourth-order valence-corrected chi connectivity index (χ4v) is 2.96. The second-order valence-corrected chi connectivity index (χ2v) is 5.71. The van der Waals surface area contributed by atoms with Gasteiger partial charge in [-0.3, -0.25) is 14.7 Å². The van der Waals surface area contributed by atoms with E-state index in [1.807, 2.05) is 26.0 Å². The number of methoxy groups -OCH3 is 1. The molecule has 1 unspecified atom stereocenters. The minimum atomic E-state index is -0.887. The number of aliphatic carboxylic acids is 1. The number of nitrogens with zero attached hydrogens (tertiary/aromatic N) is 2. The van der Waals surface area contributed by atoms with E-state index in [1.165, 1.54) is 0 Å². The summed E-state index contributed by atoms with van der Waals surface area (Å²) in [6.45, 7) is 4.51. The Morgan fingerprint density at radius 2 is 2.00 bits per heavy atom. The van der Waals surface area contributed by atoms with E-state index in [1.54, 1.807) is 43.6 Å². The number of likely N-dealkylation sites (N-methyl/N-ethyl adjacent to an activating group) is 1. The van der Waals surface area contributed by atoms with Crippen molar-refractivity contribution >= 4 is 5.97 Å². The summed E-state index contributed by atoms with van der Waals surface area (Å²) in [5.74, 6) is -0.0131. The van der Waals surface area contributed by atoms with Crippen molar-refractivity contribution in [3.05, 3.63) is 58.9 Å². The summed E-state index contributed by atoms with van der Waals surface area (Å²) in [4.78, 5) is 17.5. The number of carboxylic acid groups (broad SMARTS) is 1. The van der Waals surface area contributed by atoms with E-state index in [9.17, 15) is 9.90 Å². The van der Waals surface area contributed by atoms with Gasteiger partial charge < -0.3 is 9.84 Å². The molecule has 0 saturated heterocycles. The smallest absolute Gasteiger partial charge is 0.325 e. The van der Waals surface area contributed by atoms with Gasteiger partial charge in [-0.15, -0.1) is 0 Å². The zero-order chi connectivity index (χ0) is 17.0. The monoisotopic (exact) mass is 314 g/mol. The van der Waals surface area contributed by atoms with Crippen LogP contribution in [0.5, 0.6) is 5.75 Å². The molecule has 0 amide bonds. The van der Waals surface area contributed by atoms with Crippen LogP contribution in [-0.4, -0.2) is 35.1 Å². The van der Waals surface area contributed by atoms with Crippen LogP contribution in [-0.2, 0) is 11.3 Å². The average Bonchev–Trinajstić information content (AvgIpc) is 2.47. The van der Waals surface area contributed by atoms with Crippen molar-refractivity contribution in [2.75, 3.05) is 14.2 Å². The van der Waals surface area contributed by atoms with Crippen LogP contribution in [0, 0.1) is 13.8 Å². The van der Waals surface area contributed by atoms with Crippen LogP contribution in [0.4, 0.5) is 0 Å². The van der Waals surface area contributed by atoms with Crippen LogP contribution in [0.1, 0.15) is 28.3 Å². The van der Waals surface area contributed by atoms with Crippen molar-refractivity contribution in [3.63, 3.8) is 0 Å². The highest BCUT2D eigenvalue weighted by Crippen LogP contribution is 2.27. The number of aryl methyl sites for hydroxylation is 2. The van der Waals surface area contributed by atoms with Gasteiger partial charge in [0.1, 0.15) is 11.8 Å². The van der Waals surface area contributed by atoms with Crippen molar-refractivity contribution in [1.29, 1.82) is 0 Å². The van der Waals surface area contributed by atoms with Crippen molar-refractivity contribution in [2.24, 2.45) is 0 Å². The standard InChI is InChI=1S/C18H22N2O3/c1-12-8-14(9-13(2)17(12)23-4)11-20(3)16(18(21)22)15-6-5-7-19-10-15/h5-10,16H,11H2,1-4H3,(H,21,22). The average molecular weight is 314 g/mol. The Morgan fingerprint density at radius 1 is 1.35 bits per heavy atom. The molecule has 0 aliphatic carbocycles. The quantitative estimate of drug-likeness (QED) is 0.888. The normalized spacial score (nSPS) is 12.2. The first kappa shape index (κ1) is 17.0. The molecule has 122 valence electrons. The highest BCUT2D eigenvalue weighted by atomic mass is 16.5.